The van der Waals surface area contributed by atoms with E-state index in [4.69, 9.17) is 5.11 Å². The number of aliphatic hydroxyl groups is 1. The van der Waals surface area contributed by atoms with Crippen molar-refractivity contribution in [2.45, 2.75) is 38.0 Å². The quantitative estimate of drug-likeness (QED) is 0.526. The first kappa shape index (κ1) is 11.1. The molecule has 5 heteroatoms. The Bertz CT molecular complexity index is 212. The SMILES string of the molecule is CC(O)C([C]=O)NC(=O)C1CCCN1. The average molecular weight is 199 g/mol. The summed E-state index contributed by atoms with van der Waals surface area (Å²) in [6.07, 6.45) is 2.43. The third-order valence-corrected chi connectivity index (χ3v) is 2.28. The molecule has 0 aliphatic carbocycles. The predicted molar refractivity (Wildman–Crippen MR) is 50.3 cm³/mol. The van der Waals surface area contributed by atoms with Crippen LogP contribution in [-0.2, 0) is 9.59 Å². The van der Waals surface area contributed by atoms with Crippen LogP contribution in [0.4, 0.5) is 0 Å². The van der Waals surface area contributed by atoms with Gasteiger partial charge in [0.05, 0.1) is 12.1 Å². The summed E-state index contributed by atoms with van der Waals surface area (Å²) in [4.78, 5) is 21.8. The van der Waals surface area contributed by atoms with E-state index in [1.54, 1.807) is 6.29 Å². The molecule has 1 amide bonds. The van der Waals surface area contributed by atoms with E-state index in [9.17, 15) is 9.59 Å². The topological polar surface area (TPSA) is 78.4 Å². The van der Waals surface area contributed by atoms with Gasteiger partial charge in [0.15, 0.2) is 0 Å². The number of carbonyl (C=O) groups excluding carboxylic acids is 2. The average Bonchev–Trinajstić information content (AvgIpc) is 2.65. The van der Waals surface area contributed by atoms with Crippen molar-refractivity contribution in [3.63, 3.8) is 0 Å². The van der Waals surface area contributed by atoms with Crippen LogP contribution < -0.4 is 10.6 Å². The maximum absolute atomic E-state index is 11.5. The van der Waals surface area contributed by atoms with Crippen LogP contribution >= 0.6 is 0 Å². The van der Waals surface area contributed by atoms with Gasteiger partial charge in [0.1, 0.15) is 6.04 Å². The molecule has 0 aromatic carbocycles. The van der Waals surface area contributed by atoms with Crippen molar-refractivity contribution >= 4 is 12.2 Å². The van der Waals surface area contributed by atoms with Crippen molar-refractivity contribution < 1.29 is 14.7 Å². The zero-order valence-corrected chi connectivity index (χ0v) is 8.12. The summed E-state index contributed by atoms with van der Waals surface area (Å²) in [5.41, 5.74) is 0. The molecule has 1 rings (SSSR count). The maximum atomic E-state index is 11.5. The predicted octanol–water partition coefficient (Wildman–Crippen LogP) is -1.29. The Morgan fingerprint density at radius 3 is 2.86 bits per heavy atom. The Kier molecular flexibility index (Phi) is 4.03. The Morgan fingerprint density at radius 2 is 2.43 bits per heavy atom. The molecule has 0 aromatic heterocycles. The highest BCUT2D eigenvalue weighted by molar-refractivity contribution is 5.84. The van der Waals surface area contributed by atoms with E-state index in [2.05, 4.69) is 10.6 Å². The van der Waals surface area contributed by atoms with E-state index in [0.29, 0.717) is 0 Å². The molecule has 1 aliphatic heterocycles. The van der Waals surface area contributed by atoms with Crippen molar-refractivity contribution in [3.8, 4) is 0 Å². The first-order valence-corrected chi connectivity index (χ1v) is 4.74. The minimum Gasteiger partial charge on any atom is -0.391 e. The second-order valence-electron chi connectivity index (χ2n) is 3.49. The number of rotatable bonds is 4. The lowest BCUT2D eigenvalue weighted by Gasteiger charge is -2.17. The molecule has 14 heavy (non-hydrogen) atoms. The highest BCUT2D eigenvalue weighted by atomic mass is 16.3. The number of carbonyl (C=O) groups is 1. The van der Waals surface area contributed by atoms with E-state index >= 15 is 0 Å². The molecule has 79 valence electrons. The monoisotopic (exact) mass is 199 g/mol. The molecule has 1 saturated heterocycles. The molecule has 1 heterocycles. The van der Waals surface area contributed by atoms with E-state index in [1.165, 1.54) is 6.92 Å². The van der Waals surface area contributed by atoms with E-state index < -0.39 is 12.1 Å². The van der Waals surface area contributed by atoms with Crippen molar-refractivity contribution in [2.24, 2.45) is 0 Å². The molecule has 0 spiro atoms. The van der Waals surface area contributed by atoms with Gasteiger partial charge in [-0.1, -0.05) is 0 Å². The van der Waals surface area contributed by atoms with Crippen molar-refractivity contribution in [1.82, 2.24) is 10.6 Å². The van der Waals surface area contributed by atoms with Gasteiger partial charge in [-0.05, 0) is 26.3 Å². The van der Waals surface area contributed by atoms with E-state index in [-0.39, 0.29) is 11.9 Å². The fourth-order valence-electron chi connectivity index (χ4n) is 1.41. The molecule has 0 saturated carbocycles. The third kappa shape index (κ3) is 2.78. The lowest BCUT2D eigenvalue weighted by molar-refractivity contribution is -0.123. The fraction of sp³-hybridized carbons (Fsp3) is 0.778. The number of amides is 1. The summed E-state index contributed by atoms with van der Waals surface area (Å²) in [6.45, 7) is 2.26. The van der Waals surface area contributed by atoms with Gasteiger partial charge in [-0.15, -0.1) is 0 Å². The van der Waals surface area contributed by atoms with Crippen LogP contribution in [0, 0.1) is 0 Å². The Morgan fingerprint density at radius 1 is 1.71 bits per heavy atom. The molecule has 3 unspecified atom stereocenters. The van der Waals surface area contributed by atoms with Crippen molar-refractivity contribution in [1.29, 1.82) is 0 Å². The zero-order chi connectivity index (χ0) is 10.6. The van der Waals surface area contributed by atoms with Gasteiger partial charge < -0.3 is 15.7 Å². The van der Waals surface area contributed by atoms with Crippen LogP contribution in [0.5, 0.6) is 0 Å². The molecule has 3 N–H and O–H groups in total. The highest BCUT2D eigenvalue weighted by Crippen LogP contribution is 2.05. The lowest BCUT2D eigenvalue weighted by atomic mass is 10.1. The second kappa shape index (κ2) is 5.07. The van der Waals surface area contributed by atoms with Crippen LogP contribution in [0.25, 0.3) is 0 Å². The van der Waals surface area contributed by atoms with Gasteiger partial charge >= 0.3 is 0 Å². The summed E-state index contributed by atoms with van der Waals surface area (Å²) < 4.78 is 0. The van der Waals surface area contributed by atoms with E-state index in [0.717, 1.165) is 19.4 Å². The first-order valence-electron chi connectivity index (χ1n) is 4.74. The molecule has 1 fully saturated rings. The smallest absolute Gasteiger partial charge is 0.237 e. The minimum atomic E-state index is -0.926. The van der Waals surface area contributed by atoms with Crippen molar-refractivity contribution in [2.75, 3.05) is 6.54 Å². The Labute approximate surface area is 82.9 Å². The normalized spacial score (nSPS) is 25.4. The second-order valence-corrected chi connectivity index (χ2v) is 3.49. The van der Waals surface area contributed by atoms with Crippen LogP contribution in [0.3, 0.4) is 0 Å². The van der Waals surface area contributed by atoms with Crippen molar-refractivity contribution in [3.05, 3.63) is 0 Å². The van der Waals surface area contributed by atoms with Gasteiger partial charge in [0.2, 0.25) is 12.2 Å². The fourth-order valence-corrected chi connectivity index (χ4v) is 1.41. The van der Waals surface area contributed by atoms with Crippen LogP contribution in [0.1, 0.15) is 19.8 Å². The summed E-state index contributed by atoms with van der Waals surface area (Å²) in [5, 5.41) is 14.5. The largest absolute Gasteiger partial charge is 0.391 e. The lowest BCUT2D eigenvalue weighted by Crippen LogP contribution is -2.49. The summed E-state index contributed by atoms with van der Waals surface area (Å²) in [6, 6.07) is -1.16. The molecule has 0 aromatic rings. The maximum Gasteiger partial charge on any atom is 0.237 e. The summed E-state index contributed by atoms with van der Waals surface area (Å²) in [7, 11) is 0. The zero-order valence-electron chi connectivity index (χ0n) is 8.12. The number of hydrogen-bond donors (Lipinski definition) is 3. The molecular weight excluding hydrogens is 184 g/mol. The molecular formula is C9H15N2O3. The number of nitrogens with one attached hydrogen (secondary N) is 2. The molecule has 1 aliphatic rings. The van der Waals surface area contributed by atoms with Gasteiger partial charge in [-0.3, -0.25) is 9.59 Å². The molecule has 0 bridgehead atoms. The molecule has 1 radical (unpaired) electrons. The molecule has 3 atom stereocenters. The van der Waals surface area contributed by atoms with E-state index in [1.807, 2.05) is 0 Å². The van der Waals surface area contributed by atoms with Gasteiger partial charge in [0, 0.05) is 0 Å². The Balaban J connectivity index is 2.41. The van der Waals surface area contributed by atoms with Gasteiger partial charge in [0.25, 0.3) is 0 Å². The first-order chi connectivity index (χ1) is 6.65. The van der Waals surface area contributed by atoms with Gasteiger partial charge in [-0.25, -0.2) is 0 Å². The van der Waals surface area contributed by atoms with Crippen LogP contribution in [0.15, 0.2) is 0 Å². The number of hydrogen-bond acceptors (Lipinski definition) is 4. The number of aliphatic hydroxyl groups excluding tert-OH is 1. The minimum absolute atomic E-state index is 0.232. The highest BCUT2D eigenvalue weighted by Gasteiger charge is 2.25. The summed E-state index contributed by atoms with van der Waals surface area (Å²) in [5.74, 6) is -0.239. The van der Waals surface area contributed by atoms with Crippen LogP contribution in [-0.4, -0.2) is 42.0 Å². The summed E-state index contributed by atoms with van der Waals surface area (Å²) >= 11 is 0. The van der Waals surface area contributed by atoms with Gasteiger partial charge in [-0.2, -0.15) is 0 Å². The molecule has 5 nitrogen and oxygen atoms in total. The Hall–Kier alpha value is -0.940. The van der Waals surface area contributed by atoms with Crippen LogP contribution in [0.2, 0.25) is 0 Å². The third-order valence-electron chi connectivity index (χ3n) is 2.28. The standard InChI is InChI=1S/C9H15N2O3/c1-6(13)8(5-12)11-9(14)7-3-2-4-10-7/h6-8,10,13H,2-4H2,1H3,(H,11,14).